The van der Waals surface area contributed by atoms with Crippen LogP contribution in [-0.2, 0) is 6.54 Å². The van der Waals surface area contributed by atoms with Gasteiger partial charge in [0.25, 0.3) is 0 Å². The number of likely N-dealkylation sites (tertiary alicyclic amines) is 1. The van der Waals surface area contributed by atoms with Gasteiger partial charge in [0, 0.05) is 24.2 Å². The summed E-state index contributed by atoms with van der Waals surface area (Å²) in [6, 6.07) is 0. The monoisotopic (exact) mass is 239 g/mol. The Morgan fingerprint density at radius 2 is 2.50 bits per heavy atom. The fourth-order valence-electron chi connectivity index (χ4n) is 2.25. The molecule has 0 spiro atoms. The van der Waals surface area contributed by atoms with Crippen molar-refractivity contribution in [3.05, 3.63) is 16.1 Å². The van der Waals surface area contributed by atoms with E-state index in [1.54, 1.807) is 11.3 Å². The average Bonchev–Trinajstić information content (AvgIpc) is 2.88. The van der Waals surface area contributed by atoms with E-state index in [1.165, 1.54) is 30.9 Å². The summed E-state index contributed by atoms with van der Waals surface area (Å²) in [7, 11) is 0. The Morgan fingerprint density at radius 1 is 1.62 bits per heavy atom. The van der Waals surface area contributed by atoms with Gasteiger partial charge in [-0.25, -0.2) is 4.98 Å². The molecule has 1 N–H and O–H groups in total. The van der Waals surface area contributed by atoms with Crippen molar-refractivity contribution in [3.63, 3.8) is 0 Å². The molecule has 0 aromatic carbocycles. The zero-order valence-corrected chi connectivity index (χ0v) is 11.0. The van der Waals surface area contributed by atoms with E-state index in [2.05, 4.69) is 29.0 Å². The molecular weight excluding hydrogens is 218 g/mol. The highest BCUT2D eigenvalue weighted by Crippen LogP contribution is 2.15. The lowest BCUT2D eigenvalue weighted by Gasteiger charge is -2.13. The predicted molar refractivity (Wildman–Crippen MR) is 68.8 cm³/mol. The largest absolute Gasteiger partial charge is 0.311 e. The van der Waals surface area contributed by atoms with Gasteiger partial charge in [0.15, 0.2) is 0 Å². The van der Waals surface area contributed by atoms with Gasteiger partial charge in [-0.05, 0) is 38.9 Å². The number of aromatic nitrogens is 1. The van der Waals surface area contributed by atoms with Gasteiger partial charge in [-0.1, -0.05) is 6.92 Å². The zero-order chi connectivity index (χ0) is 11.4. The minimum atomic E-state index is 0.842. The summed E-state index contributed by atoms with van der Waals surface area (Å²) >= 11 is 1.79. The SMILES string of the molecule is CCN1CCC(CNCc2cnc(C)s2)C1. The van der Waals surface area contributed by atoms with E-state index >= 15 is 0 Å². The molecule has 1 aliphatic heterocycles. The van der Waals surface area contributed by atoms with E-state index in [4.69, 9.17) is 0 Å². The Balaban J connectivity index is 1.65. The molecule has 1 aromatic heterocycles. The maximum Gasteiger partial charge on any atom is 0.0897 e. The van der Waals surface area contributed by atoms with Crippen LogP contribution in [0.3, 0.4) is 0 Å². The van der Waals surface area contributed by atoms with Crippen LogP contribution in [0.4, 0.5) is 0 Å². The van der Waals surface area contributed by atoms with Crippen molar-refractivity contribution in [1.82, 2.24) is 15.2 Å². The van der Waals surface area contributed by atoms with E-state index in [9.17, 15) is 0 Å². The molecule has 1 aliphatic rings. The van der Waals surface area contributed by atoms with Gasteiger partial charge in [-0.2, -0.15) is 0 Å². The molecule has 1 atom stereocenters. The summed E-state index contributed by atoms with van der Waals surface area (Å²) in [5.41, 5.74) is 0. The fourth-order valence-corrected chi connectivity index (χ4v) is 3.02. The maximum atomic E-state index is 4.26. The lowest BCUT2D eigenvalue weighted by atomic mass is 10.1. The highest BCUT2D eigenvalue weighted by molar-refractivity contribution is 7.11. The number of hydrogen-bond acceptors (Lipinski definition) is 4. The Kier molecular flexibility index (Phi) is 4.32. The average molecular weight is 239 g/mol. The molecule has 1 unspecified atom stereocenters. The van der Waals surface area contributed by atoms with Gasteiger partial charge < -0.3 is 10.2 Å². The van der Waals surface area contributed by atoms with E-state index in [1.807, 2.05) is 6.20 Å². The Labute approximate surface area is 102 Å². The number of thiazole rings is 1. The summed E-state index contributed by atoms with van der Waals surface area (Å²) in [5.74, 6) is 0.842. The number of rotatable bonds is 5. The van der Waals surface area contributed by atoms with Crippen LogP contribution in [0.2, 0.25) is 0 Å². The van der Waals surface area contributed by atoms with Crippen LogP contribution in [0.1, 0.15) is 23.2 Å². The van der Waals surface area contributed by atoms with Crippen molar-refractivity contribution < 1.29 is 0 Å². The molecule has 0 saturated carbocycles. The number of nitrogens with zero attached hydrogens (tertiary/aromatic N) is 2. The van der Waals surface area contributed by atoms with Crippen molar-refractivity contribution in [2.45, 2.75) is 26.8 Å². The molecule has 90 valence electrons. The third-order valence-corrected chi connectivity index (χ3v) is 4.13. The molecule has 0 aliphatic carbocycles. The highest BCUT2D eigenvalue weighted by atomic mass is 32.1. The van der Waals surface area contributed by atoms with Gasteiger partial charge >= 0.3 is 0 Å². The van der Waals surface area contributed by atoms with Crippen molar-refractivity contribution in [2.24, 2.45) is 5.92 Å². The first-order valence-corrected chi connectivity index (χ1v) is 6.94. The van der Waals surface area contributed by atoms with E-state index < -0.39 is 0 Å². The van der Waals surface area contributed by atoms with E-state index in [0.717, 1.165) is 24.0 Å². The van der Waals surface area contributed by atoms with E-state index in [0.29, 0.717) is 0 Å². The van der Waals surface area contributed by atoms with Crippen LogP contribution >= 0.6 is 11.3 Å². The summed E-state index contributed by atoms with van der Waals surface area (Å²) in [5, 5.41) is 4.71. The number of nitrogens with one attached hydrogen (secondary N) is 1. The van der Waals surface area contributed by atoms with Crippen molar-refractivity contribution >= 4 is 11.3 Å². The molecule has 1 aromatic rings. The predicted octanol–water partition coefficient (Wildman–Crippen LogP) is 1.88. The van der Waals surface area contributed by atoms with E-state index in [-0.39, 0.29) is 0 Å². The minimum Gasteiger partial charge on any atom is -0.311 e. The Bertz CT molecular complexity index is 324. The number of hydrogen-bond donors (Lipinski definition) is 1. The Morgan fingerprint density at radius 3 is 3.12 bits per heavy atom. The van der Waals surface area contributed by atoms with Crippen molar-refractivity contribution in [2.75, 3.05) is 26.2 Å². The number of aryl methyl sites for hydroxylation is 1. The molecule has 16 heavy (non-hydrogen) atoms. The molecule has 0 bridgehead atoms. The van der Waals surface area contributed by atoms with Crippen LogP contribution in [0.25, 0.3) is 0 Å². The summed E-state index contributed by atoms with van der Waals surface area (Å²) in [6.45, 7) is 10.2. The summed E-state index contributed by atoms with van der Waals surface area (Å²) in [4.78, 5) is 8.14. The van der Waals surface area contributed by atoms with Crippen LogP contribution in [0.5, 0.6) is 0 Å². The molecule has 2 heterocycles. The first-order valence-electron chi connectivity index (χ1n) is 6.12. The fraction of sp³-hybridized carbons (Fsp3) is 0.750. The molecule has 1 fully saturated rings. The molecule has 4 heteroatoms. The lowest BCUT2D eigenvalue weighted by molar-refractivity contribution is 0.339. The first kappa shape index (κ1) is 12.0. The minimum absolute atomic E-state index is 0.842. The smallest absolute Gasteiger partial charge is 0.0897 e. The van der Waals surface area contributed by atoms with Gasteiger partial charge in [0.05, 0.1) is 5.01 Å². The molecule has 2 rings (SSSR count). The quantitative estimate of drug-likeness (QED) is 0.850. The second-order valence-electron chi connectivity index (χ2n) is 4.52. The van der Waals surface area contributed by atoms with Crippen molar-refractivity contribution in [1.29, 1.82) is 0 Å². The maximum absolute atomic E-state index is 4.26. The third-order valence-electron chi connectivity index (χ3n) is 3.22. The second-order valence-corrected chi connectivity index (χ2v) is 5.84. The van der Waals surface area contributed by atoms with Crippen molar-refractivity contribution in [3.8, 4) is 0 Å². The molecule has 1 saturated heterocycles. The standard InChI is InChI=1S/C12H21N3S/c1-3-15-5-4-11(9-15)6-13-7-12-8-14-10(2)16-12/h8,11,13H,3-7,9H2,1-2H3. The van der Waals surface area contributed by atoms with Crippen LogP contribution in [0.15, 0.2) is 6.20 Å². The third kappa shape index (κ3) is 3.27. The van der Waals surface area contributed by atoms with Gasteiger partial charge in [0.2, 0.25) is 0 Å². The molecular formula is C12H21N3S. The first-order chi connectivity index (χ1) is 7.78. The summed E-state index contributed by atoms with van der Waals surface area (Å²) in [6.07, 6.45) is 3.34. The molecule has 0 radical (unpaired) electrons. The van der Waals surface area contributed by atoms with Crippen LogP contribution < -0.4 is 5.32 Å². The zero-order valence-electron chi connectivity index (χ0n) is 10.2. The summed E-state index contributed by atoms with van der Waals surface area (Å²) < 4.78 is 0. The highest BCUT2D eigenvalue weighted by Gasteiger charge is 2.20. The van der Waals surface area contributed by atoms with Gasteiger partial charge in [0.1, 0.15) is 0 Å². The lowest BCUT2D eigenvalue weighted by Crippen LogP contribution is -2.25. The van der Waals surface area contributed by atoms with Crippen LogP contribution in [0, 0.1) is 12.8 Å². The normalized spacial score (nSPS) is 21.8. The van der Waals surface area contributed by atoms with Crippen LogP contribution in [-0.4, -0.2) is 36.1 Å². The van der Waals surface area contributed by atoms with Gasteiger partial charge in [-0.3, -0.25) is 0 Å². The molecule has 0 amide bonds. The second kappa shape index (κ2) is 5.75. The van der Waals surface area contributed by atoms with Gasteiger partial charge in [-0.15, -0.1) is 11.3 Å². The topological polar surface area (TPSA) is 28.2 Å². The molecule has 3 nitrogen and oxygen atoms in total. The Hall–Kier alpha value is -0.450.